The van der Waals surface area contributed by atoms with Gasteiger partial charge in [0, 0.05) is 36.4 Å². The predicted octanol–water partition coefficient (Wildman–Crippen LogP) is 3.18. The number of hydrogen-bond donors (Lipinski definition) is 1. The number of nitrogens with zero attached hydrogens (tertiary/aromatic N) is 1. The summed E-state index contributed by atoms with van der Waals surface area (Å²) in [6, 6.07) is 6.57. The SMILES string of the molecule is CCCNCc1ccc(Br)cc1N1CCCOCC1. The van der Waals surface area contributed by atoms with Crippen LogP contribution in [0.5, 0.6) is 0 Å². The van der Waals surface area contributed by atoms with Crippen LogP contribution >= 0.6 is 15.9 Å². The lowest BCUT2D eigenvalue weighted by Gasteiger charge is -2.25. The standard InChI is InChI=1S/C15H23BrN2O/c1-2-6-17-12-13-4-5-14(16)11-15(13)18-7-3-9-19-10-8-18/h4-5,11,17H,2-3,6-10,12H2,1H3. The topological polar surface area (TPSA) is 24.5 Å². The van der Waals surface area contributed by atoms with Crippen LogP contribution in [0.4, 0.5) is 5.69 Å². The molecule has 0 bridgehead atoms. The quantitative estimate of drug-likeness (QED) is 0.841. The maximum absolute atomic E-state index is 5.55. The first-order chi connectivity index (χ1) is 9.31. The molecule has 0 aromatic heterocycles. The first kappa shape index (κ1) is 14.8. The van der Waals surface area contributed by atoms with Crippen LogP contribution < -0.4 is 10.2 Å². The molecule has 3 nitrogen and oxygen atoms in total. The molecule has 1 N–H and O–H groups in total. The molecule has 4 heteroatoms. The fourth-order valence-corrected chi connectivity index (χ4v) is 2.72. The molecule has 0 unspecified atom stereocenters. The Kier molecular flexibility index (Phi) is 6.14. The largest absolute Gasteiger partial charge is 0.380 e. The number of benzene rings is 1. The fraction of sp³-hybridized carbons (Fsp3) is 0.600. The van der Waals surface area contributed by atoms with E-state index in [0.717, 1.165) is 50.3 Å². The molecule has 0 saturated carbocycles. The van der Waals surface area contributed by atoms with Gasteiger partial charge in [-0.3, -0.25) is 0 Å². The van der Waals surface area contributed by atoms with E-state index in [-0.39, 0.29) is 0 Å². The molecular formula is C15H23BrN2O. The van der Waals surface area contributed by atoms with E-state index in [1.54, 1.807) is 0 Å². The zero-order valence-electron chi connectivity index (χ0n) is 11.6. The van der Waals surface area contributed by atoms with E-state index >= 15 is 0 Å². The Balaban J connectivity index is 2.13. The highest BCUT2D eigenvalue weighted by Crippen LogP contribution is 2.26. The average molecular weight is 327 g/mol. The molecule has 0 aliphatic carbocycles. The molecule has 0 radical (unpaired) electrons. The summed E-state index contributed by atoms with van der Waals surface area (Å²) in [4.78, 5) is 2.45. The Hall–Kier alpha value is -0.580. The highest BCUT2D eigenvalue weighted by atomic mass is 79.9. The highest BCUT2D eigenvalue weighted by molar-refractivity contribution is 9.10. The number of nitrogens with one attached hydrogen (secondary N) is 1. The van der Waals surface area contributed by atoms with Crippen LogP contribution in [0.25, 0.3) is 0 Å². The lowest BCUT2D eigenvalue weighted by Crippen LogP contribution is -2.28. The lowest BCUT2D eigenvalue weighted by molar-refractivity contribution is 0.152. The number of anilines is 1. The van der Waals surface area contributed by atoms with Gasteiger partial charge in [-0.05, 0) is 37.1 Å². The minimum atomic E-state index is 0.828. The molecular weight excluding hydrogens is 304 g/mol. The molecule has 19 heavy (non-hydrogen) atoms. The van der Waals surface area contributed by atoms with Gasteiger partial charge < -0.3 is 15.0 Å². The molecule has 2 rings (SSSR count). The molecule has 1 heterocycles. The summed E-state index contributed by atoms with van der Waals surface area (Å²) in [5, 5.41) is 3.49. The van der Waals surface area contributed by atoms with E-state index in [4.69, 9.17) is 4.74 Å². The maximum atomic E-state index is 5.55. The van der Waals surface area contributed by atoms with Crippen molar-refractivity contribution in [2.45, 2.75) is 26.3 Å². The van der Waals surface area contributed by atoms with Crippen LogP contribution in [0.2, 0.25) is 0 Å². The zero-order valence-corrected chi connectivity index (χ0v) is 13.2. The van der Waals surface area contributed by atoms with Gasteiger partial charge in [0.1, 0.15) is 0 Å². The second-order valence-electron chi connectivity index (χ2n) is 4.90. The van der Waals surface area contributed by atoms with Crippen LogP contribution in [0.3, 0.4) is 0 Å². The fourth-order valence-electron chi connectivity index (χ4n) is 2.37. The zero-order chi connectivity index (χ0) is 13.5. The first-order valence-corrected chi connectivity index (χ1v) is 7.92. The molecule has 1 fully saturated rings. The number of rotatable bonds is 5. The molecule has 0 spiro atoms. The van der Waals surface area contributed by atoms with Crippen LogP contribution in [0.1, 0.15) is 25.3 Å². The maximum Gasteiger partial charge on any atom is 0.0641 e. The smallest absolute Gasteiger partial charge is 0.0641 e. The van der Waals surface area contributed by atoms with Gasteiger partial charge in [-0.2, -0.15) is 0 Å². The van der Waals surface area contributed by atoms with E-state index in [2.05, 4.69) is 51.3 Å². The monoisotopic (exact) mass is 326 g/mol. The van der Waals surface area contributed by atoms with E-state index in [1.165, 1.54) is 17.7 Å². The summed E-state index contributed by atoms with van der Waals surface area (Å²) < 4.78 is 6.69. The van der Waals surface area contributed by atoms with E-state index < -0.39 is 0 Å². The van der Waals surface area contributed by atoms with Gasteiger partial charge in [0.2, 0.25) is 0 Å². The Labute approximate surface area is 124 Å². The Morgan fingerprint density at radius 3 is 3.05 bits per heavy atom. The molecule has 0 amide bonds. The third kappa shape index (κ3) is 4.48. The van der Waals surface area contributed by atoms with Crippen molar-refractivity contribution in [3.8, 4) is 0 Å². The van der Waals surface area contributed by atoms with E-state index in [9.17, 15) is 0 Å². The van der Waals surface area contributed by atoms with Gasteiger partial charge in [0.05, 0.1) is 6.61 Å². The molecule has 106 valence electrons. The number of ether oxygens (including phenoxy) is 1. The Morgan fingerprint density at radius 1 is 1.32 bits per heavy atom. The molecule has 1 aliphatic rings. The molecule has 1 aromatic rings. The van der Waals surface area contributed by atoms with Gasteiger partial charge in [-0.15, -0.1) is 0 Å². The normalized spacial score (nSPS) is 16.4. The first-order valence-electron chi connectivity index (χ1n) is 7.13. The van der Waals surface area contributed by atoms with Gasteiger partial charge in [-0.25, -0.2) is 0 Å². The summed E-state index contributed by atoms with van der Waals surface area (Å²) in [7, 11) is 0. The molecule has 1 aliphatic heterocycles. The summed E-state index contributed by atoms with van der Waals surface area (Å²) in [6.07, 6.45) is 2.28. The van der Waals surface area contributed by atoms with Gasteiger partial charge in [0.25, 0.3) is 0 Å². The van der Waals surface area contributed by atoms with Crippen LogP contribution in [0.15, 0.2) is 22.7 Å². The van der Waals surface area contributed by atoms with Crippen LogP contribution in [0, 0.1) is 0 Å². The number of hydrogen-bond acceptors (Lipinski definition) is 3. The summed E-state index contributed by atoms with van der Waals surface area (Å²) in [5.74, 6) is 0. The Bertz CT molecular complexity index is 390. The van der Waals surface area contributed by atoms with Crippen molar-refractivity contribution >= 4 is 21.6 Å². The van der Waals surface area contributed by atoms with Crippen molar-refractivity contribution in [2.24, 2.45) is 0 Å². The number of halogens is 1. The van der Waals surface area contributed by atoms with Gasteiger partial charge >= 0.3 is 0 Å². The van der Waals surface area contributed by atoms with Gasteiger partial charge in [-0.1, -0.05) is 28.9 Å². The average Bonchev–Trinajstić information content (AvgIpc) is 2.69. The summed E-state index contributed by atoms with van der Waals surface area (Å²) in [6.45, 7) is 7.98. The minimum Gasteiger partial charge on any atom is -0.380 e. The van der Waals surface area contributed by atoms with Crippen molar-refractivity contribution in [1.82, 2.24) is 5.32 Å². The Morgan fingerprint density at radius 2 is 2.21 bits per heavy atom. The minimum absolute atomic E-state index is 0.828. The van der Waals surface area contributed by atoms with Crippen molar-refractivity contribution in [2.75, 3.05) is 37.7 Å². The third-order valence-corrected chi connectivity index (χ3v) is 3.85. The third-order valence-electron chi connectivity index (χ3n) is 3.35. The van der Waals surface area contributed by atoms with Crippen LogP contribution in [-0.4, -0.2) is 32.8 Å². The molecule has 0 atom stereocenters. The molecule has 1 saturated heterocycles. The van der Waals surface area contributed by atoms with E-state index in [1.807, 2.05) is 0 Å². The van der Waals surface area contributed by atoms with Crippen molar-refractivity contribution in [3.05, 3.63) is 28.2 Å². The van der Waals surface area contributed by atoms with Crippen molar-refractivity contribution < 1.29 is 4.74 Å². The predicted molar refractivity (Wildman–Crippen MR) is 83.8 cm³/mol. The van der Waals surface area contributed by atoms with Crippen LogP contribution in [-0.2, 0) is 11.3 Å². The summed E-state index contributed by atoms with van der Waals surface area (Å²) >= 11 is 3.59. The lowest BCUT2D eigenvalue weighted by atomic mass is 10.1. The highest BCUT2D eigenvalue weighted by Gasteiger charge is 2.14. The van der Waals surface area contributed by atoms with E-state index in [0.29, 0.717) is 0 Å². The second kappa shape index (κ2) is 7.88. The van der Waals surface area contributed by atoms with Gasteiger partial charge in [0.15, 0.2) is 0 Å². The summed E-state index contributed by atoms with van der Waals surface area (Å²) in [5.41, 5.74) is 2.71. The van der Waals surface area contributed by atoms with Crippen molar-refractivity contribution in [1.29, 1.82) is 0 Å². The second-order valence-corrected chi connectivity index (χ2v) is 5.82. The molecule has 1 aromatic carbocycles. The van der Waals surface area contributed by atoms with Crippen molar-refractivity contribution in [3.63, 3.8) is 0 Å².